The number of phosphoric ester groups is 1. The van der Waals surface area contributed by atoms with Crippen LogP contribution in [0.1, 0.15) is 32.6 Å². The topological polar surface area (TPSA) is 105 Å². The largest absolute Gasteiger partial charge is 0.756 e. The third-order valence-electron chi connectivity index (χ3n) is 2.91. The number of hydrogen-bond acceptors (Lipinski definition) is 7. The predicted molar refractivity (Wildman–Crippen MR) is 83.5 cm³/mol. The van der Waals surface area contributed by atoms with Crippen LogP contribution in [0.4, 0.5) is 0 Å². The minimum atomic E-state index is -4.55. The Morgan fingerprint density at radius 2 is 1.96 bits per heavy atom. The number of carbonyl (C=O) groups excluding carboxylic acids is 1. The van der Waals surface area contributed by atoms with Crippen molar-refractivity contribution in [2.24, 2.45) is 0 Å². The van der Waals surface area contributed by atoms with Crippen molar-refractivity contribution in [1.82, 2.24) is 0 Å². The molecule has 0 aromatic carbocycles. The van der Waals surface area contributed by atoms with Crippen molar-refractivity contribution in [3.05, 3.63) is 0 Å². The third-order valence-corrected chi connectivity index (χ3v) is 3.96. The Labute approximate surface area is 138 Å². The summed E-state index contributed by atoms with van der Waals surface area (Å²) in [5.74, 6) is -0.438. The molecule has 0 rings (SSSR count). The van der Waals surface area contributed by atoms with Gasteiger partial charge in [0.25, 0.3) is 7.82 Å². The van der Waals surface area contributed by atoms with Gasteiger partial charge in [0.05, 0.1) is 27.7 Å². The maximum Gasteiger partial charge on any atom is 0.305 e. The maximum absolute atomic E-state index is 11.7. The Hall–Kier alpha value is -0.500. The second-order valence-corrected chi connectivity index (χ2v) is 7.71. The zero-order valence-corrected chi connectivity index (χ0v) is 15.4. The number of rotatable bonds is 13. The zero-order valence-electron chi connectivity index (χ0n) is 14.5. The summed E-state index contributed by atoms with van der Waals surface area (Å²) in [5, 5.41) is 9.14. The zero-order chi connectivity index (χ0) is 17.9. The normalized spacial score (nSPS) is 15.9. The molecule has 1 N–H and O–H groups in total. The number of likely N-dealkylation sites (N-methyl/N-ethyl adjacent to an activating group) is 1. The second-order valence-electron chi connectivity index (χ2n) is 6.34. The number of esters is 1. The average molecular weight is 355 g/mol. The minimum absolute atomic E-state index is 0.0285. The SMILES string of the molecule is CCCCCC(=O)OC[C@H](CO)OP(=O)([O-])OCC[N+](C)(C)C. The first-order valence-corrected chi connectivity index (χ1v) is 9.26. The number of aliphatic hydroxyl groups is 1. The number of ether oxygens (including phenoxy) is 1. The van der Waals surface area contributed by atoms with Crippen LogP contribution in [0.5, 0.6) is 0 Å². The van der Waals surface area contributed by atoms with Crippen LogP contribution in [0.3, 0.4) is 0 Å². The standard InChI is InChI=1S/C14H30NO7P/c1-5-6-7-8-14(17)20-12-13(11-16)22-23(18,19)21-10-9-15(2,3)4/h13,16H,5-12H2,1-4H3/t13-/m0/s1. The first-order chi connectivity index (χ1) is 10.6. The highest BCUT2D eigenvalue weighted by molar-refractivity contribution is 7.45. The molecule has 23 heavy (non-hydrogen) atoms. The van der Waals surface area contributed by atoms with E-state index in [0.717, 1.165) is 12.8 Å². The predicted octanol–water partition coefficient (Wildman–Crippen LogP) is 0.679. The summed E-state index contributed by atoms with van der Waals surface area (Å²) in [6.45, 7) is 1.55. The van der Waals surface area contributed by atoms with E-state index in [-0.39, 0.29) is 19.6 Å². The molecule has 0 radical (unpaired) electrons. The molecule has 0 amide bonds. The first-order valence-electron chi connectivity index (χ1n) is 7.80. The van der Waals surface area contributed by atoms with Gasteiger partial charge in [-0.15, -0.1) is 0 Å². The van der Waals surface area contributed by atoms with Gasteiger partial charge in [-0.05, 0) is 6.42 Å². The minimum Gasteiger partial charge on any atom is -0.756 e. The smallest absolute Gasteiger partial charge is 0.305 e. The summed E-state index contributed by atoms with van der Waals surface area (Å²) in [5.41, 5.74) is 0. The number of carbonyl (C=O) groups is 1. The lowest BCUT2D eigenvalue weighted by atomic mass is 10.2. The molecule has 0 aromatic heterocycles. The van der Waals surface area contributed by atoms with Crippen LogP contribution < -0.4 is 4.89 Å². The van der Waals surface area contributed by atoms with Crippen molar-refractivity contribution in [1.29, 1.82) is 0 Å². The van der Waals surface area contributed by atoms with Crippen LogP contribution in [0.15, 0.2) is 0 Å². The van der Waals surface area contributed by atoms with Crippen LogP contribution in [0.2, 0.25) is 0 Å². The Balaban J connectivity index is 4.14. The van der Waals surface area contributed by atoms with Gasteiger partial charge in [-0.1, -0.05) is 19.8 Å². The number of phosphoric acid groups is 1. The Kier molecular flexibility index (Phi) is 10.9. The van der Waals surface area contributed by atoms with E-state index in [0.29, 0.717) is 17.4 Å². The lowest BCUT2D eigenvalue weighted by Crippen LogP contribution is -2.38. The molecule has 0 aliphatic heterocycles. The highest BCUT2D eigenvalue weighted by Gasteiger charge is 2.20. The second kappa shape index (κ2) is 11.1. The van der Waals surface area contributed by atoms with Gasteiger partial charge in [-0.2, -0.15) is 0 Å². The van der Waals surface area contributed by atoms with Gasteiger partial charge in [0.1, 0.15) is 25.9 Å². The van der Waals surface area contributed by atoms with E-state index in [4.69, 9.17) is 18.9 Å². The van der Waals surface area contributed by atoms with Crippen molar-refractivity contribution in [2.75, 3.05) is 47.5 Å². The molecule has 0 bridgehead atoms. The van der Waals surface area contributed by atoms with E-state index in [9.17, 15) is 14.3 Å². The molecule has 0 spiro atoms. The summed E-state index contributed by atoms with van der Waals surface area (Å²) >= 11 is 0. The summed E-state index contributed by atoms with van der Waals surface area (Å²) in [7, 11) is 1.14. The molecular formula is C14H30NO7P. The quantitative estimate of drug-likeness (QED) is 0.224. The number of aliphatic hydroxyl groups excluding tert-OH is 1. The fourth-order valence-corrected chi connectivity index (χ4v) is 2.39. The fourth-order valence-electron chi connectivity index (χ4n) is 1.53. The highest BCUT2D eigenvalue weighted by Crippen LogP contribution is 2.39. The molecule has 0 aliphatic rings. The van der Waals surface area contributed by atoms with Gasteiger partial charge in [0, 0.05) is 6.42 Å². The summed E-state index contributed by atoms with van der Waals surface area (Å²) in [4.78, 5) is 23.1. The van der Waals surface area contributed by atoms with Crippen molar-refractivity contribution in [3.63, 3.8) is 0 Å². The van der Waals surface area contributed by atoms with Gasteiger partial charge < -0.3 is 28.3 Å². The molecule has 0 fully saturated rings. The number of unbranched alkanes of at least 4 members (excludes halogenated alkanes) is 2. The molecule has 138 valence electrons. The Morgan fingerprint density at radius 1 is 1.30 bits per heavy atom. The van der Waals surface area contributed by atoms with Crippen molar-refractivity contribution in [2.45, 2.75) is 38.7 Å². The average Bonchev–Trinajstić information content (AvgIpc) is 2.42. The molecular weight excluding hydrogens is 325 g/mol. The number of quaternary nitrogens is 1. The summed E-state index contributed by atoms with van der Waals surface area (Å²) in [6, 6.07) is 0. The molecule has 0 saturated heterocycles. The van der Waals surface area contributed by atoms with Crippen molar-refractivity contribution < 1.29 is 37.6 Å². The summed E-state index contributed by atoms with van der Waals surface area (Å²) in [6.07, 6.45) is 1.73. The lowest BCUT2D eigenvalue weighted by molar-refractivity contribution is -0.870. The van der Waals surface area contributed by atoms with E-state index in [1.54, 1.807) is 0 Å². The molecule has 2 atom stereocenters. The van der Waals surface area contributed by atoms with E-state index in [2.05, 4.69) is 0 Å². The molecule has 8 nitrogen and oxygen atoms in total. The highest BCUT2D eigenvalue weighted by atomic mass is 31.2. The van der Waals surface area contributed by atoms with Gasteiger partial charge in [-0.25, -0.2) is 0 Å². The van der Waals surface area contributed by atoms with E-state index in [1.165, 1.54) is 0 Å². The molecule has 0 heterocycles. The third kappa shape index (κ3) is 13.6. The van der Waals surface area contributed by atoms with Crippen LogP contribution >= 0.6 is 7.82 Å². The van der Waals surface area contributed by atoms with Gasteiger partial charge in [0.15, 0.2) is 0 Å². The number of nitrogens with zero attached hydrogens (tertiary/aromatic N) is 1. The van der Waals surface area contributed by atoms with Crippen molar-refractivity contribution in [3.8, 4) is 0 Å². The van der Waals surface area contributed by atoms with E-state index < -0.39 is 26.5 Å². The molecule has 1 unspecified atom stereocenters. The Bertz CT molecular complexity index is 384. The summed E-state index contributed by atoms with van der Waals surface area (Å²) < 4.78 is 26.6. The van der Waals surface area contributed by atoms with Crippen LogP contribution in [-0.2, 0) is 23.1 Å². The Morgan fingerprint density at radius 3 is 2.48 bits per heavy atom. The molecule has 0 aliphatic carbocycles. The van der Waals surface area contributed by atoms with E-state index in [1.807, 2.05) is 28.1 Å². The monoisotopic (exact) mass is 355 g/mol. The lowest BCUT2D eigenvalue weighted by Gasteiger charge is -2.29. The number of hydrogen-bond donors (Lipinski definition) is 1. The van der Waals surface area contributed by atoms with Crippen LogP contribution in [0, 0.1) is 0 Å². The molecule has 0 saturated carbocycles. The van der Waals surface area contributed by atoms with Gasteiger partial charge in [-0.3, -0.25) is 9.36 Å². The first kappa shape index (κ1) is 22.5. The van der Waals surface area contributed by atoms with Gasteiger partial charge in [0.2, 0.25) is 0 Å². The van der Waals surface area contributed by atoms with Gasteiger partial charge >= 0.3 is 5.97 Å². The molecule has 9 heteroatoms. The van der Waals surface area contributed by atoms with Crippen LogP contribution in [0.25, 0.3) is 0 Å². The van der Waals surface area contributed by atoms with Crippen molar-refractivity contribution >= 4 is 13.8 Å². The van der Waals surface area contributed by atoms with Crippen LogP contribution in [-0.4, -0.2) is 69.2 Å². The van der Waals surface area contributed by atoms with E-state index >= 15 is 0 Å². The fraction of sp³-hybridized carbons (Fsp3) is 0.929. The molecule has 0 aromatic rings. The maximum atomic E-state index is 11.7.